The molecule has 1 heterocycles. The lowest BCUT2D eigenvalue weighted by molar-refractivity contribution is -0.202. The van der Waals surface area contributed by atoms with E-state index >= 15 is 0 Å². The number of hydrogen-bond donors (Lipinski definition) is 0. The van der Waals surface area contributed by atoms with Crippen LogP contribution >= 0.6 is 0 Å². The molecule has 1 saturated heterocycles. The van der Waals surface area contributed by atoms with Crippen LogP contribution < -0.4 is 0 Å². The van der Waals surface area contributed by atoms with Gasteiger partial charge in [0.2, 0.25) is 0 Å². The molecule has 1 fully saturated rings. The van der Waals surface area contributed by atoms with Gasteiger partial charge in [0, 0.05) is 19.1 Å². The van der Waals surface area contributed by atoms with Crippen LogP contribution in [0.4, 0.5) is 0 Å². The molecule has 0 aromatic heterocycles. The minimum absolute atomic E-state index is 0.0516. The van der Waals surface area contributed by atoms with Crippen LogP contribution in [0.2, 0.25) is 0 Å². The van der Waals surface area contributed by atoms with Crippen molar-refractivity contribution in [1.29, 1.82) is 0 Å². The Morgan fingerprint density at radius 3 is 1.90 bits per heavy atom. The molecule has 1 aliphatic rings. The van der Waals surface area contributed by atoms with E-state index in [2.05, 4.69) is 20.8 Å². The van der Waals surface area contributed by atoms with E-state index in [0.29, 0.717) is 5.92 Å². The summed E-state index contributed by atoms with van der Waals surface area (Å²) >= 11 is 0. The molecule has 2 atom stereocenters. The van der Waals surface area contributed by atoms with Crippen molar-refractivity contribution >= 4 is 5.78 Å². The fraction of sp³-hybridized carbons (Fsp3) is 0.963. The van der Waals surface area contributed by atoms with Crippen LogP contribution in [0.3, 0.4) is 0 Å². The van der Waals surface area contributed by atoms with Gasteiger partial charge in [-0.05, 0) is 25.2 Å². The smallest absolute Gasteiger partial charge is 0.184 e. The normalized spacial score (nSPS) is 17.2. The summed E-state index contributed by atoms with van der Waals surface area (Å²) in [5.41, 5.74) is 0. The van der Waals surface area contributed by atoms with Gasteiger partial charge in [-0.15, -0.1) is 0 Å². The Balaban J connectivity index is 1.77. The summed E-state index contributed by atoms with van der Waals surface area (Å²) in [6.07, 6.45) is 20.9. The van der Waals surface area contributed by atoms with Gasteiger partial charge in [-0.2, -0.15) is 0 Å². The van der Waals surface area contributed by atoms with Crippen LogP contribution in [-0.2, 0) is 19.0 Å². The lowest BCUT2D eigenvalue weighted by Crippen LogP contribution is -2.36. The van der Waals surface area contributed by atoms with E-state index in [4.69, 9.17) is 14.2 Å². The van der Waals surface area contributed by atoms with Crippen molar-refractivity contribution in [3.8, 4) is 0 Å². The summed E-state index contributed by atoms with van der Waals surface area (Å²) in [4.78, 5) is 11.1. The molecule has 0 aromatic rings. The summed E-state index contributed by atoms with van der Waals surface area (Å²) in [5, 5.41) is 0. The molecular weight excluding hydrogens is 388 g/mol. The first-order chi connectivity index (χ1) is 15.2. The number of carbonyl (C=O) groups is 1. The zero-order chi connectivity index (χ0) is 22.6. The molecule has 0 amide bonds. The van der Waals surface area contributed by atoms with Crippen molar-refractivity contribution in [3.05, 3.63) is 0 Å². The number of carbonyl (C=O) groups excluding carboxylic acids is 1. The van der Waals surface area contributed by atoms with Crippen LogP contribution in [0.25, 0.3) is 0 Å². The number of unbranched alkanes of at least 4 members (excludes halogenated alkanes) is 11. The second-order valence-corrected chi connectivity index (χ2v) is 9.68. The summed E-state index contributed by atoms with van der Waals surface area (Å²) in [7, 11) is 0. The Morgan fingerprint density at radius 2 is 1.35 bits per heavy atom. The molecule has 4 nitrogen and oxygen atoms in total. The first kappa shape index (κ1) is 28.6. The monoisotopic (exact) mass is 440 g/mol. The molecule has 0 saturated carbocycles. The fourth-order valence-electron chi connectivity index (χ4n) is 4.31. The molecule has 184 valence electrons. The molecular formula is C27H52O4. The van der Waals surface area contributed by atoms with Crippen molar-refractivity contribution in [1.82, 2.24) is 0 Å². The van der Waals surface area contributed by atoms with E-state index in [9.17, 15) is 4.79 Å². The van der Waals surface area contributed by atoms with Crippen LogP contribution in [-0.4, -0.2) is 38.5 Å². The molecule has 0 radical (unpaired) electrons. The van der Waals surface area contributed by atoms with Gasteiger partial charge in [-0.25, -0.2) is 0 Å². The van der Waals surface area contributed by atoms with Crippen molar-refractivity contribution in [2.45, 2.75) is 130 Å². The SMILES string of the molecule is CCCCC(CC)COCCCCCCCCCCCCCC(C)C1OCC(=O)CO1. The lowest BCUT2D eigenvalue weighted by Gasteiger charge is -2.27. The van der Waals surface area contributed by atoms with Crippen molar-refractivity contribution in [2.24, 2.45) is 11.8 Å². The van der Waals surface area contributed by atoms with Gasteiger partial charge in [-0.3, -0.25) is 4.79 Å². The third kappa shape index (κ3) is 15.9. The number of ether oxygens (including phenoxy) is 3. The topological polar surface area (TPSA) is 44.8 Å². The van der Waals surface area contributed by atoms with Gasteiger partial charge in [0.15, 0.2) is 12.1 Å². The quantitative estimate of drug-likeness (QED) is 0.174. The summed E-state index contributed by atoms with van der Waals surface area (Å²) in [6, 6.07) is 0. The molecule has 0 N–H and O–H groups in total. The second-order valence-electron chi connectivity index (χ2n) is 9.68. The van der Waals surface area contributed by atoms with Crippen LogP contribution in [0.1, 0.15) is 124 Å². The van der Waals surface area contributed by atoms with Crippen LogP contribution in [0.5, 0.6) is 0 Å². The summed E-state index contributed by atoms with van der Waals surface area (Å²) in [6.45, 7) is 9.10. The summed E-state index contributed by atoms with van der Waals surface area (Å²) in [5.74, 6) is 1.21. The molecule has 0 spiro atoms. The Bertz CT molecular complexity index is 402. The van der Waals surface area contributed by atoms with Crippen molar-refractivity contribution in [2.75, 3.05) is 26.4 Å². The highest BCUT2D eigenvalue weighted by molar-refractivity contribution is 5.81. The average molecular weight is 441 g/mol. The highest BCUT2D eigenvalue weighted by Crippen LogP contribution is 2.20. The Kier molecular flexibility index (Phi) is 18.6. The first-order valence-corrected chi connectivity index (χ1v) is 13.5. The zero-order valence-corrected chi connectivity index (χ0v) is 21.0. The van der Waals surface area contributed by atoms with E-state index in [1.54, 1.807) is 0 Å². The van der Waals surface area contributed by atoms with Gasteiger partial charge < -0.3 is 14.2 Å². The average Bonchev–Trinajstić information content (AvgIpc) is 2.78. The van der Waals surface area contributed by atoms with Crippen LogP contribution in [0.15, 0.2) is 0 Å². The van der Waals surface area contributed by atoms with E-state index < -0.39 is 0 Å². The second kappa shape index (κ2) is 20.2. The fourth-order valence-corrected chi connectivity index (χ4v) is 4.31. The number of Topliss-reactive ketones (excluding diaryl/α,β-unsaturated/α-hetero) is 1. The largest absolute Gasteiger partial charge is 0.381 e. The van der Waals surface area contributed by atoms with Gasteiger partial charge in [0.25, 0.3) is 0 Å². The van der Waals surface area contributed by atoms with E-state index in [1.807, 2.05) is 0 Å². The molecule has 4 heteroatoms. The highest BCUT2D eigenvalue weighted by atomic mass is 16.7. The van der Waals surface area contributed by atoms with Crippen molar-refractivity contribution < 1.29 is 19.0 Å². The summed E-state index contributed by atoms with van der Waals surface area (Å²) < 4.78 is 16.8. The lowest BCUT2D eigenvalue weighted by atomic mass is 10.0. The molecule has 1 rings (SSSR count). The Labute approximate surface area is 193 Å². The van der Waals surface area contributed by atoms with Gasteiger partial charge in [0.05, 0.1) is 0 Å². The standard InChI is InChI=1S/C27H52O4/c1-4-6-19-25(5-2)21-29-20-17-15-13-11-9-7-8-10-12-14-16-18-24(3)27-30-22-26(28)23-31-27/h24-25,27H,4-23H2,1-3H3. The third-order valence-electron chi connectivity index (χ3n) is 6.63. The number of rotatable bonds is 21. The number of ketones is 1. The maximum absolute atomic E-state index is 11.1. The minimum atomic E-state index is -0.177. The first-order valence-electron chi connectivity index (χ1n) is 13.5. The Morgan fingerprint density at radius 1 is 0.806 bits per heavy atom. The molecule has 0 aliphatic carbocycles. The van der Waals surface area contributed by atoms with Crippen LogP contribution in [0, 0.1) is 11.8 Å². The molecule has 2 unspecified atom stereocenters. The molecule has 1 aliphatic heterocycles. The van der Waals surface area contributed by atoms with E-state index in [-0.39, 0.29) is 25.3 Å². The van der Waals surface area contributed by atoms with Gasteiger partial charge in [0.1, 0.15) is 13.2 Å². The predicted molar refractivity (Wildman–Crippen MR) is 129 cm³/mol. The Hall–Kier alpha value is -0.450. The highest BCUT2D eigenvalue weighted by Gasteiger charge is 2.24. The number of hydrogen-bond acceptors (Lipinski definition) is 4. The zero-order valence-electron chi connectivity index (χ0n) is 21.0. The predicted octanol–water partition coefficient (Wildman–Crippen LogP) is 7.48. The maximum atomic E-state index is 11.1. The van der Waals surface area contributed by atoms with E-state index in [0.717, 1.165) is 25.6 Å². The third-order valence-corrected chi connectivity index (χ3v) is 6.63. The van der Waals surface area contributed by atoms with E-state index in [1.165, 1.54) is 96.3 Å². The molecule has 0 aromatic carbocycles. The maximum Gasteiger partial charge on any atom is 0.184 e. The molecule has 0 bridgehead atoms. The molecule has 31 heavy (non-hydrogen) atoms. The minimum Gasteiger partial charge on any atom is -0.381 e. The van der Waals surface area contributed by atoms with Gasteiger partial charge in [-0.1, -0.05) is 104 Å². The van der Waals surface area contributed by atoms with Gasteiger partial charge >= 0.3 is 0 Å². The van der Waals surface area contributed by atoms with Crippen molar-refractivity contribution in [3.63, 3.8) is 0 Å².